The van der Waals surface area contributed by atoms with E-state index in [1.807, 2.05) is 29.6 Å². The van der Waals surface area contributed by atoms with Gasteiger partial charge in [0.15, 0.2) is 11.5 Å². The number of hydrogen-bond donors (Lipinski definition) is 2. The van der Waals surface area contributed by atoms with Crippen molar-refractivity contribution < 1.29 is 19.4 Å². The molecule has 0 saturated heterocycles. The molecule has 0 bridgehead atoms. The minimum atomic E-state index is -1.27. The largest absolute Gasteiger partial charge is 0.480 e. The molecule has 1 aromatic carbocycles. The second-order valence-electron chi connectivity index (χ2n) is 7.98. The fourth-order valence-electron chi connectivity index (χ4n) is 4.39. The van der Waals surface area contributed by atoms with E-state index in [1.54, 1.807) is 6.20 Å². The number of aliphatic carboxylic acids is 1. The first-order valence-electron chi connectivity index (χ1n) is 10.3. The molecule has 3 unspecified atom stereocenters. The molecule has 3 heterocycles. The first-order chi connectivity index (χ1) is 15.1. The van der Waals surface area contributed by atoms with E-state index in [0.29, 0.717) is 25.1 Å². The molecule has 3 aromatic rings. The van der Waals surface area contributed by atoms with E-state index in [-0.39, 0.29) is 12.8 Å². The number of nitrogens with zero attached hydrogens (tertiary/aromatic N) is 2. The standard InChI is InChI=1S/C22H22ClN3O4S/c23-18-10-15(24-7-4-13-1-2-16-17(9-13)30-12-29-16)3-6-22(18,21(27)28)20-25-11-14-5-8-31-19(14)26-20/h1-2,5,8-9,11,15,18,24H,3-4,6-7,10,12H2,(H,27,28). The summed E-state index contributed by atoms with van der Waals surface area (Å²) in [5.41, 5.74) is -0.109. The van der Waals surface area contributed by atoms with Crippen molar-refractivity contribution in [2.75, 3.05) is 13.3 Å². The van der Waals surface area contributed by atoms with Gasteiger partial charge in [-0.2, -0.15) is 0 Å². The first kappa shape index (κ1) is 20.5. The summed E-state index contributed by atoms with van der Waals surface area (Å²) in [6, 6.07) is 8.04. The zero-order valence-electron chi connectivity index (χ0n) is 16.7. The molecule has 5 rings (SSSR count). The van der Waals surface area contributed by atoms with Crippen LogP contribution in [0.5, 0.6) is 11.5 Å². The average Bonchev–Trinajstić information content (AvgIpc) is 3.42. The van der Waals surface area contributed by atoms with Crippen LogP contribution < -0.4 is 14.8 Å². The highest BCUT2D eigenvalue weighted by Gasteiger charge is 2.52. The molecule has 3 atom stereocenters. The zero-order valence-corrected chi connectivity index (χ0v) is 18.3. The van der Waals surface area contributed by atoms with Gasteiger partial charge in [0, 0.05) is 17.6 Å². The quantitative estimate of drug-likeness (QED) is 0.542. The number of hydrogen-bond acceptors (Lipinski definition) is 7. The third-order valence-electron chi connectivity index (χ3n) is 6.19. The van der Waals surface area contributed by atoms with Crippen molar-refractivity contribution in [3.8, 4) is 11.5 Å². The normalized spacial score (nSPS) is 25.1. The van der Waals surface area contributed by atoms with Gasteiger partial charge in [-0.15, -0.1) is 22.9 Å². The van der Waals surface area contributed by atoms with Gasteiger partial charge in [0.25, 0.3) is 0 Å². The number of benzene rings is 1. The fraction of sp³-hybridized carbons (Fsp3) is 0.409. The highest BCUT2D eigenvalue weighted by Crippen LogP contribution is 2.42. The van der Waals surface area contributed by atoms with E-state index < -0.39 is 16.8 Å². The molecule has 1 fully saturated rings. The lowest BCUT2D eigenvalue weighted by Gasteiger charge is -2.39. The molecule has 1 aliphatic carbocycles. The van der Waals surface area contributed by atoms with Crippen molar-refractivity contribution in [1.29, 1.82) is 0 Å². The maximum absolute atomic E-state index is 12.4. The molecule has 1 aliphatic heterocycles. The van der Waals surface area contributed by atoms with Gasteiger partial charge in [-0.25, -0.2) is 9.97 Å². The smallest absolute Gasteiger partial charge is 0.318 e. The molecular weight excluding hydrogens is 438 g/mol. The number of nitrogens with one attached hydrogen (secondary N) is 1. The molecular formula is C22H22ClN3O4S. The van der Waals surface area contributed by atoms with Gasteiger partial charge >= 0.3 is 5.97 Å². The maximum atomic E-state index is 12.4. The molecule has 31 heavy (non-hydrogen) atoms. The average molecular weight is 460 g/mol. The van der Waals surface area contributed by atoms with Crippen LogP contribution in [0.25, 0.3) is 10.2 Å². The Bertz CT molecular complexity index is 1120. The van der Waals surface area contributed by atoms with Crippen molar-refractivity contribution in [1.82, 2.24) is 15.3 Å². The van der Waals surface area contributed by atoms with Gasteiger partial charge in [0.1, 0.15) is 16.1 Å². The predicted octanol–water partition coefficient (Wildman–Crippen LogP) is 3.73. The Morgan fingerprint density at radius 2 is 2.19 bits per heavy atom. The molecule has 9 heteroatoms. The SMILES string of the molecule is O=C(O)C1(c2ncc3ccsc3n2)CCC(NCCc2ccc3c(c2)OCO3)CC1Cl. The Balaban J connectivity index is 1.24. The summed E-state index contributed by atoms with van der Waals surface area (Å²) >= 11 is 8.20. The van der Waals surface area contributed by atoms with Crippen LogP contribution in [0.1, 0.15) is 30.7 Å². The number of rotatable bonds is 6. The van der Waals surface area contributed by atoms with Crippen LogP contribution in [0.4, 0.5) is 0 Å². The minimum absolute atomic E-state index is 0.148. The highest BCUT2D eigenvalue weighted by molar-refractivity contribution is 7.16. The van der Waals surface area contributed by atoms with Gasteiger partial charge in [0.05, 0.1) is 5.38 Å². The van der Waals surface area contributed by atoms with Crippen molar-refractivity contribution in [2.24, 2.45) is 0 Å². The summed E-state index contributed by atoms with van der Waals surface area (Å²) in [5, 5.41) is 15.9. The van der Waals surface area contributed by atoms with Crippen LogP contribution in [0.2, 0.25) is 0 Å². The van der Waals surface area contributed by atoms with Crippen molar-refractivity contribution >= 4 is 39.1 Å². The summed E-state index contributed by atoms with van der Waals surface area (Å²) in [4.78, 5) is 22.1. The van der Waals surface area contributed by atoms with Gasteiger partial charge in [-0.05, 0) is 61.4 Å². The number of thiophene rings is 1. The Hall–Kier alpha value is -2.42. The topological polar surface area (TPSA) is 93.6 Å². The fourth-order valence-corrected chi connectivity index (χ4v) is 5.64. The second-order valence-corrected chi connectivity index (χ2v) is 9.40. The molecule has 2 N–H and O–H groups in total. The Morgan fingerprint density at radius 3 is 3.03 bits per heavy atom. The molecule has 2 aromatic heterocycles. The van der Waals surface area contributed by atoms with Crippen LogP contribution in [-0.2, 0) is 16.6 Å². The molecule has 7 nitrogen and oxygen atoms in total. The molecule has 0 amide bonds. The Morgan fingerprint density at radius 1 is 1.32 bits per heavy atom. The number of carboxylic acids is 1. The molecule has 0 spiro atoms. The molecule has 1 saturated carbocycles. The summed E-state index contributed by atoms with van der Waals surface area (Å²) in [6.07, 6.45) is 4.17. The first-order valence-corrected chi connectivity index (χ1v) is 11.6. The van der Waals surface area contributed by atoms with Crippen molar-refractivity contribution in [3.63, 3.8) is 0 Å². The van der Waals surface area contributed by atoms with E-state index >= 15 is 0 Å². The van der Waals surface area contributed by atoms with Gasteiger partial charge in [-0.3, -0.25) is 4.79 Å². The van der Waals surface area contributed by atoms with Crippen LogP contribution in [-0.4, -0.2) is 45.8 Å². The van der Waals surface area contributed by atoms with Crippen LogP contribution in [0.3, 0.4) is 0 Å². The number of carbonyl (C=O) groups is 1. The van der Waals surface area contributed by atoms with Crippen LogP contribution >= 0.6 is 22.9 Å². The monoisotopic (exact) mass is 459 g/mol. The third-order valence-corrected chi connectivity index (χ3v) is 7.56. The number of aromatic nitrogens is 2. The summed E-state index contributed by atoms with van der Waals surface area (Å²) in [5.74, 6) is 0.919. The minimum Gasteiger partial charge on any atom is -0.480 e. The molecule has 0 radical (unpaired) electrons. The Kier molecular flexibility index (Phi) is 5.45. The van der Waals surface area contributed by atoms with E-state index in [1.165, 1.54) is 11.3 Å². The van der Waals surface area contributed by atoms with E-state index in [0.717, 1.165) is 40.2 Å². The lowest BCUT2D eigenvalue weighted by molar-refractivity contribution is -0.145. The summed E-state index contributed by atoms with van der Waals surface area (Å²) < 4.78 is 10.8. The number of fused-ring (bicyclic) bond motifs is 2. The molecule has 2 aliphatic rings. The Labute approximate surface area is 188 Å². The van der Waals surface area contributed by atoms with Gasteiger partial charge in [-0.1, -0.05) is 6.07 Å². The number of ether oxygens (including phenoxy) is 2. The van der Waals surface area contributed by atoms with Gasteiger partial charge in [0.2, 0.25) is 6.79 Å². The number of halogens is 1. The lowest BCUT2D eigenvalue weighted by Crippen LogP contribution is -2.52. The molecule has 162 valence electrons. The van der Waals surface area contributed by atoms with Crippen LogP contribution in [0, 0.1) is 0 Å². The summed E-state index contributed by atoms with van der Waals surface area (Å²) in [7, 11) is 0. The highest BCUT2D eigenvalue weighted by atomic mass is 35.5. The van der Waals surface area contributed by atoms with Crippen molar-refractivity contribution in [3.05, 3.63) is 47.2 Å². The maximum Gasteiger partial charge on any atom is 0.318 e. The van der Waals surface area contributed by atoms with Crippen molar-refractivity contribution in [2.45, 2.75) is 42.5 Å². The van der Waals surface area contributed by atoms with E-state index in [2.05, 4.69) is 15.3 Å². The summed E-state index contributed by atoms with van der Waals surface area (Å²) in [6.45, 7) is 1.04. The van der Waals surface area contributed by atoms with E-state index in [4.69, 9.17) is 21.1 Å². The van der Waals surface area contributed by atoms with Gasteiger partial charge < -0.3 is 19.9 Å². The van der Waals surface area contributed by atoms with E-state index in [9.17, 15) is 9.90 Å². The number of carboxylic acid groups (broad SMARTS) is 1. The third kappa shape index (κ3) is 3.73. The second kappa shape index (κ2) is 8.26. The zero-order chi connectivity index (χ0) is 21.4. The predicted molar refractivity (Wildman–Crippen MR) is 118 cm³/mol. The number of alkyl halides is 1. The lowest BCUT2D eigenvalue weighted by atomic mass is 9.71. The van der Waals surface area contributed by atoms with Crippen LogP contribution in [0.15, 0.2) is 35.8 Å².